The molecule has 8 heteroatoms. The first-order chi connectivity index (χ1) is 18.5. The number of carboxylic acid groups (broad SMARTS) is 1. The Bertz CT molecular complexity index is 1450. The van der Waals surface area contributed by atoms with Gasteiger partial charge in [0.05, 0.1) is 24.2 Å². The average Bonchev–Trinajstić information content (AvgIpc) is 3.28. The van der Waals surface area contributed by atoms with Crippen LogP contribution in [0.1, 0.15) is 36.9 Å². The maximum atomic E-state index is 13.0. The first-order valence-electron chi connectivity index (χ1n) is 13.0. The number of methoxy groups -OCH3 is 1. The van der Waals surface area contributed by atoms with E-state index in [1.165, 1.54) is 0 Å². The zero-order valence-electron chi connectivity index (χ0n) is 21.8. The Kier molecular flexibility index (Phi) is 7.51. The summed E-state index contributed by atoms with van der Waals surface area (Å²) in [5.74, 6) is 0.805. The monoisotopic (exact) mass is 514 g/mol. The highest BCUT2D eigenvalue weighted by molar-refractivity contribution is 5.75. The zero-order chi connectivity index (χ0) is 26.6. The fraction of sp³-hybridized carbons (Fsp3) is 0.333. The lowest BCUT2D eigenvalue weighted by atomic mass is 9.91. The van der Waals surface area contributed by atoms with Crippen LogP contribution in [0.25, 0.3) is 11.0 Å². The standard InChI is InChI=1S/C30H34N4O4/c1-21(32(19-22-10-4-3-5-11-22)20-23-12-6-9-15-28(23)38-2)27-18-24(16-17-33(27)30(36)37)34-26-14-8-7-13-25(26)31-29(34)35/h3-15,21,24,27H,16-20H2,1-2H3,(H,31,35)(H,36,37). The SMILES string of the molecule is COc1ccccc1CN(Cc1ccccc1)C(C)C1CC(n2c(=O)[nH]c3ccccc32)CCN1C(=O)O. The molecule has 0 aliphatic carbocycles. The van der Waals surface area contributed by atoms with Crippen LogP contribution in [0.3, 0.4) is 0 Å². The molecule has 0 saturated carbocycles. The van der Waals surface area contributed by atoms with Gasteiger partial charge in [0.25, 0.3) is 0 Å². The summed E-state index contributed by atoms with van der Waals surface area (Å²) >= 11 is 0. The van der Waals surface area contributed by atoms with Gasteiger partial charge in [0.1, 0.15) is 5.75 Å². The van der Waals surface area contributed by atoms with Crippen molar-refractivity contribution < 1.29 is 14.6 Å². The van der Waals surface area contributed by atoms with E-state index >= 15 is 0 Å². The normalized spacial score (nSPS) is 18.6. The van der Waals surface area contributed by atoms with Crippen LogP contribution in [0.15, 0.2) is 83.7 Å². The molecule has 2 N–H and O–H groups in total. The van der Waals surface area contributed by atoms with E-state index in [4.69, 9.17) is 4.74 Å². The molecular weight excluding hydrogens is 480 g/mol. The number of benzene rings is 3. The number of fused-ring (bicyclic) bond motifs is 1. The second-order valence-electron chi connectivity index (χ2n) is 9.98. The number of hydrogen-bond donors (Lipinski definition) is 2. The van der Waals surface area contributed by atoms with Crippen LogP contribution in [-0.4, -0.2) is 56.3 Å². The minimum atomic E-state index is -0.927. The number of likely N-dealkylation sites (tertiary alicyclic amines) is 1. The lowest BCUT2D eigenvalue weighted by molar-refractivity contribution is 0.0371. The number of H-pyrrole nitrogens is 1. The van der Waals surface area contributed by atoms with Crippen LogP contribution < -0.4 is 10.4 Å². The number of piperidine rings is 1. The van der Waals surface area contributed by atoms with Gasteiger partial charge in [-0.2, -0.15) is 0 Å². The van der Waals surface area contributed by atoms with E-state index < -0.39 is 6.09 Å². The van der Waals surface area contributed by atoms with E-state index in [2.05, 4.69) is 28.9 Å². The second-order valence-corrected chi connectivity index (χ2v) is 9.98. The summed E-state index contributed by atoms with van der Waals surface area (Å²) < 4.78 is 7.44. The van der Waals surface area contributed by atoms with E-state index in [0.717, 1.165) is 27.9 Å². The van der Waals surface area contributed by atoms with E-state index in [1.807, 2.05) is 71.3 Å². The Hall–Kier alpha value is -4.04. The molecule has 3 unspecified atom stereocenters. The fourth-order valence-corrected chi connectivity index (χ4v) is 5.80. The number of nitrogens with zero attached hydrogens (tertiary/aromatic N) is 3. The number of ether oxygens (including phenoxy) is 1. The molecule has 1 aromatic heterocycles. The van der Waals surface area contributed by atoms with Gasteiger partial charge in [0.2, 0.25) is 0 Å². The number of para-hydroxylation sites is 3. The zero-order valence-corrected chi connectivity index (χ0v) is 21.8. The van der Waals surface area contributed by atoms with E-state index in [0.29, 0.717) is 32.5 Å². The average molecular weight is 515 g/mol. The van der Waals surface area contributed by atoms with Crippen LogP contribution in [0, 0.1) is 0 Å². The van der Waals surface area contributed by atoms with Crippen molar-refractivity contribution in [2.24, 2.45) is 0 Å². The van der Waals surface area contributed by atoms with Gasteiger partial charge in [-0.3, -0.25) is 9.47 Å². The third-order valence-corrected chi connectivity index (χ3v) is 7.78. The van der Waals surface area contributed by atoms with Crippen molar-refractivity contribution in [3.05, 3.63) is 100 Å². The Morgan fingerprint density at radius 2 is 1.76 bits per heavy atom. The molecule has 198 valence electrons. The van der Waals surface area contributed by atoms with Crippen molar-refractivity contribution in [3.63, 3.8) is 0 Å². The number of rotatable bonds is 8. The Labute approximate surface area is 222 Å². The van der Waals surface area contributed by atoms with E-state index in [-0.39, 0.29) is 23.8 Å². The van der Waals surface area contributed by atoms with E-state index in [9.17, 15) is 14.7 Å². The topological polar surface area (TPSA) is 90.8 Å². The molecular formula is C30H34N4O4. The highest BCUT2D eigenvalue weighted by atomic mass is 16.5. The summed E-state index contributed by atoms with van der Waals surface area (Å²) in [6, 6.07) is 25.3. The van der Waals surface area contributed by atoms with Gasteiger partial charge >= 0.3 is 11.8 Å². The molecule has 8 nitrogen and oxygen atoms in total. The predicted molar refractivity (Wildman–Crippen MR) is 147 cm³/mol. The molecule has 5 rings (SSSR count). The molecule has 3 atom stereocenters. The Balaban J connectivity index is 1.49. The van der Waals surface area contributed by atoms with Gasteiger partial charge in [-0.15, -0.1) is 0 Å². The van der Waals surface area contributed by atoms with Gasteiger partial charge in [-0.1, -0.05) is 60.7 Å². The second kappa shape index (κ2) is 11.1. The number of amides is 1. The quantitative estimate of drug-likeness (QED) is 0.341. The number of hydrogen-bond acceptors (Lipinski definition) is 4. The summed E-state index contributed by atoms with van der Waals surface area (Å²) in [6.45, 7) is 3.72. The minimum absolute atomic E-state index is 0.105. The molecule has 0 bridgehead atoms. The van der Waals surface area contributed by atoms with Gasteiger partial charge in [-0.05, 0) is 43.5 Å². The third-order valence-electron chi connectivity index (χ3n) is 7.78. The van der Waals surface area contributed by atoms with Crippen LogP contribution in [0.5, 0.6) is 5.75 Å². The van der Waals surface area contributed by atoms with Crippen molar-refractivity contribution in [2.45, 2.75) is 51.0 Å². The summed E-state index contributed by atoms with van der Waals surface area (Å²) in [5, 5.41) is 10.2. The molecule has 1 fully saturated rings. The smallest absolute Gasteiger partial charge is 0.407 e. The lowest BCUT2D eigenvalue weighted by Gasteiger charge is -2.44. The Morgan fingerprint density at radius 3 is 2.53 bits per heavy atom. The summed E-state index contributed by atoms with van der Waals surface area (Å²) in [7, 11) is 1.67. The van der Waals surface area contributed by atoms with Crippen molar-refractivity contribution in [3.8, 4) is 5.75 Å². The Morgan fingerprint density at radius 1 is 1.05 bits per heavy atom. The molecule has 1 amide bonds. The number of aromatic amines is 1. The number of imidazole rings is 1. The molecule has 0 radical (unpaired) electrons. The van der Waals surface area contributed by atoms with Crippen LogP contribution in [0.2, 0.25) is 0 Å². The van der Waals surface area contributed by atoms with Gasteiger partial charge < -0.3 is 19.7 Å². The number of aromatic nitrogens is 2. The maximum absolute atomic E-state index is 13.0. The first kappa shape index (κ1) is 25.6. The minimum Gasteiger partial charge on any atom is -0.496 e. The predicted octanol–water partition coefficient (Wildman–Crippen LogP) is 5.11. The van der Waals surface area contributed by atoms with Crippen LogP contribution in [0.4, 0.5) is 4.79 Å². The molecule has 0 spiro atoms. The fourth-order valence-electron chi connectivity index (χ4n) is 5.80. The van der Waals surface area contributed by atoms with Crippen molar-refractivity contribution in [2.75, 3.05) is 13.7 Å². The van der Waals surface area contributed by atoms with Gasteiger partial charge in [0, 0.05) is 37.3 Å². The molecule has 1 aliphatic rings. The molecule has 3 aromatic carbocycles. The molecule has 1 saturated heterocycles. The van der Waals surface area contributed by atoms with Crippen molar-refractivity contribution in [1.82, 2.24) is 19.4 Å². The highest BCUT2D eigenvalue weighted by Crippen LogP contribution is 2.33. The van der Waals surface area contributed by atoms with E-state index in [1.54, 1.807) is 12.0 Å². The van der Waals surface area contributed by atoms with Gasteiger partial charge in [-0.25, -0.2) is 9.59 Å². The first-order valence-corrected chi connectivity index (χ1v) is 13.0. The van der Waals surface area contributed by atoms with Gasteiger partial charge in [0.15, 0.2) is 0 Å². The third kappa shape index (κ3) is 5.17. The van der Waals surface area contributed by atoms with Crippen molar-refractivity contribution in [1.29, 1.82) is 0 Å². The van der Waals surface area contributed by atoms with Crippen LogP contribution in [-0.2, 0) is 13.1 Å². The number of carbonyl (C=O) groups is 1. The van der Waals surface area contributed by atoms with Crippen molar-refractivity contribution >= 4 is 17.1 Å². The molecule has 4 aromatic rings. The lowest BCUT2D eigenvalue weighted by Crippen LogP contribution is -2.55. The maximum Gasteiger partial charge on any atom is 0.407 e. The summed E-state index contributed by atoms with van der Waals surface area (Å²) in [6.07, 6.45) is 0.207. The summed E-state index contributed by atoms with van der Waals surface area (Å²) in [4.78, 5) is 32.2. The molecule has 2 heterocycles. The highest BCUT2D eigenvalue weighted by Gasteiger charge is 2.38. The number of nitrogens with one attached hydrogen (secondary N) is 1. The summed E-state index contributed by atoms with van der Waals surface area (Å²) in [5.41, 5.74) is 3.69. The van der Waals surface area contributed by atoms with Crippen LogP contribution >= 0.6 is 0 Å². The molecule has 38 heavy (non-hydrogen) atoms. The largest absolute Gasteiger partial charge is 0.496 e. The molecule has 1 aliphatic heterocycles.